The van der Waals surface area contributed by atoms with E-state index in [0.717, 1.165) is 38.5 Å². The summed E-state index contributed by atoms with van der Waals surface area (Å²) < 4.78 is 5.32. The Morgan fingerprint density at radius 2 is 2.10 bits per heavy atom. The molecule has 20 heavy (non-hydrogen) atoms. The Kier molecular flexibility index (Phi) is 7.95. The van der Waals surface area contributed by atoms with Crippen molar-refractivity contribution in [3.05, 3.63) is 17.2 Å². The van der Waals surface area contributed by atoms with E-state index in [1.54, 1.807) is 5.38 Å². The molecular weight excluding hydrogens is 272 g/mol. The first-order valence-corrected chi connectivity index (χ1v) is 8.15. The van der Waals surface area contributed by atoms with Crippen LogP contribution >= 0.6 is 11.3 Å². The molecule has 0 atom stereocenters. The third kappa shape index (κ3) is 5.74. The standard InChI is InChI=1S/C15H24N2O2S/c1-3-5-7-9-12(13-11-20-15(16)17-13)14(18)19-10-8-6-4-2/h9,11H,3-8,10H2,1-2H3,(H2,16,17). The lowest BCUT2D eigenvalue weighted by Gasteiger charge is -2.06. The largest absolute Gasteiger partial charge is 0.462 e. The third-order valence-corrected chi connectivity index (χ3v) is 3.58. The molecule has 5 heteroatoms. The second kappa shape index (κ2) is 9.53. The smallest absolute Gasteiger partial charge is 0.340 e. The first-order valence-electron chi connectivity index (χ1n) is 7.27. The molecule has 0 saturated heterocycles. The Hall–Kier alpha value is -1.36. The molecule has 0 spiro atoms. The Balaban J connectivity index is 2.67. The molecule has 0 bridgehead atoms. The molecule has 0 saturated carbocycles. The fourth-order valence-corrected chi connectivity index (χ4v) is 2.31. The van der Waals surface area contributed by atoms with Crippen LogP contribution in [-0.4, -0.2) is 17.6 Å². The van der Waals surface area contributed by atoms with Crippen molar-refractivity contribution in [1.82, 2.24) is 4.98 Å². The maximum atomic E-state index is 12.1. The summed E-state index contributed by atoms with van der Waals surface area (Å²) >= 11 is 1.34. The van der Waals surface area contributed by atoms with E-state index in [2.05, 4.69) is 18.8 Å². The Morgan fingerprint density at radius 1 is 1.35 bits per heavy atom. The van der Waals surface area contributed by atoms with Crippen molar-refractivity contribution < 1.29 is 9.53 Å². The fraction of sp³-hybridized carbons (Fsp3) is 0.600. The molecule has 0 unspecified atom stereocenters. The average molecular weight is 296 g/mol. The number of aromatic nitrogens is 1. The van der Waals surface area contributed by atoms with Crippen molar-refractivity contribution in [3.63, 3.8) is 0 Å². The number of esters is 1. The molecule has 0 radical (unpaired) electrons. The van der Waals surface area contributed by atoms with Crippen LogP contribution in [0.3, 0.4) is 0 Å². The number of anilines is 1. The molecule has 1 rings (SSSR count). The summed E-state index contributed by atoms with van der Waals surface area (Å²) in [6.07, 6.45) is 8.00. The summed E-state index contributed by atoms with van der Waals surface area (Å²) in [6, 6.07) is 0. The van der Waals surface area contributed by atoms with Gasteiger partial charge >= 0.3 is 5.97 Å². The van der Waals surface area contributed by atoms with Crippen LogP contribution in [0.4, 0.5) is 5.13 Å². The summed E-state index contributed by atoms with van der Waals surface area (Å²) in [5.41, 5.74) is 6.81. The highest BCUT2D eigenvalue weighted by Gasteiger charge is 2.16. The minimum Gasteiger partial charge on any atom is -0.462 e. The molecule has 0 aromatic carbocycles. The number of nitrogen functional groups attached to an aromatic ring is 1. The van der Waals surface area contributed by atoms with E-state index in [1.165, 1.54) is 11.3 Å². The van der Waals surface area contributed by atoms with E-state index < -0.39 is 0 Å². The number of nitrogens with zero attached hydrogens (tertiary/aromatic N) is 1. The van der Waals surface area contributed by atoms with Crippen LogP contribution in [0.15, 0.2) is 11.5 Å². The lowest BCUT2D eigenvalue weighted by atomic mass is 10.1. The lowest BCUT2D eigenvalue weighted by Crippen LogP contribution is -2.09. The van der Waals surface area contributed by atoms with Crippen molar-refractivity contribution in [3.8, 4) is 0 Å². The number of carbonyl (C=O) groups is 1. The van der Waals surface area contributed by atoms with Gasteiger partial charge in [0.1, 0.15) is 0 Å². The van der Waals surface area contributed by atoms with Crippen molar-refractivity contribution >= 4 is 28.0 Å². The molecule has 1 aromatic rings. The predicted molar refractivity (Wildman–Crippen MR) is 84.5 cm³/mol. The molecule has 2 N–H and O–H groups in total. The quantitative estimate of drug-likeness (QED) is 0.424. The van der Waals surface area contributed by atoms with E-state index in [0.29, 0.717) is 23.0 Å². The van der Waals surface area contributed by atoms with Gasteiger partial charge in [-0.25, -0.2) is 9.78 Å². The van der Waals surface area contributed by atoms with Gasteiger partial charge in [-0.2, -0.15) is 0 Å². The number of carbonyl (C=O) groups excluding carboxylic acids is 1. The zero-order chi connectivity index (χ0) is 14.8. The summed E-state index contributed by atoms with van der Waals surface area (Å²) in [6.45, 7) is 4.71. The van der Waals surface area contributed by atoms with Gasteiger partial charge in [0.05, 0.1) is 17.9 Å². The van der Waals surface area contributed by atoms with Gasteiger partial charge in [-0.3, -0.25) is 0 Å². The van der Waals surface area contributed by atoms with Gasteiger partial charge in [0.2, 0.25) is 0 Å². The average Bonchev–Trinajstić information content (AvgIpc) is 2.86. The fourth-order valence-electron chi connectivity index (χ4n) is 1.75. The first kappa shape index (κ1) is 16.7. The molecule has 0 aliphatic carbocycles. The highest BCUT2D eigenvalue weighted by atomic mass is 32.1. The third-order valence-electron chi connectivity index (χ3n) is 2.90. The second-order valence-electron chi connectivity index (χ2n) is 4.67. The number of thiazole rings is 1. The van der Waals surface area contributed by atoms with Crippen molar-refractivity contribution in [1.29, 1.82) is 0 Å². The van der Waals surface area contributed by atoms with Crippen molar-refractivity contribution in [2.24, 2.45) is 0 Å². The SMILES string of the molecule is CCCCC=C(C(=O)OCCCCC)c1csc(N)n1. The number of unbranched alkanes of at least 4 members (excludes halogenated alkanes) is 4. The Bertz CT molecular complexity index is 441. The summed E-state index contributed by atoms with van der Waals surface area (Å²) in [5, 5.41) is 2.28. The van der Waals surface area contributed by atoms with E-state index in [-0.39, 0.29) is 5.97 Å². The van der Waals surface area contributed by atoms with Crippen LogP contribution in [0.5, 0.6) is 0 Å². The number of hydrogen-bond acceptors (Lipinski definition) is 5. The molecular formula is C15H24N2O2S. The highest BCUT2D eigenvalue weighted by molar-refractivity contribution is 7.13. The van der Waals surface area contributed by atoms with Crippen molar-refractivity contribution in [2.45, 2.75) is 52.4 Å². The zero-order valence-corrected chi connectivity index (χ0v) is 13.2. The Morgan fingerprint density at radius 3 is 2.70 bits per heavy atom. The minimum absolute atomic E-state index is 0.289. The number of rotatable bonds is 9. The van der Waals surface area contributed by atoms with Crippen LogP contribution in [0, 0.1) is 0 Å². The van der Waals surface area contributed by atoms with Gasteiger partial charge in [-0.1, -0.05) is 45.6 Å². The molecule has 0 fully saturated rings. The predicted octanol–water partition coefficient (Wildman–Crippen LogP) is 4.03. The maximum absolute atomic E-state index is 12.1. The topological polar surface area (TPSA) is 65.2 Å². The summed E-state index contributed by atoms with van der Waals surface area (Å²) in [5.74, 6) is -0.289. The molecule has 0 aliphatic rings. The molecule has 112 valence electrons. The van der Waals surface area contributed by atoms with E-state index in [9.17, 15) is 4.79 Å². The number of ether oxygens (including phenoxy) is 1. The van der Waals surface area contributed by atoms with Gasteiger partial charge in [0.15, 0.2) is 5.13 Å². The summed E-state index contributed by atoms with van der Waals surface area (Å²) in [4.78, 5) is 16.3. The molecule has 1 heterocycles. The van der Waals surface area contributed by atoms with Gasteiger partial charge in [-0.15, -0.1) is 11.3 Å². The lowest BCUT2D eigenvalue weighted by molar-refractivity contribution is -0.136. The van der Waals surface area contributed by atoms with Gasteiger partial charge < -0.3 is 10.5 Å². The maximum Gasteiger partial charge on any atom is 0.340 e. The van der Waals surface area contributed by atoms with Crippen LogP contribution in [-0.2, 0) is 9.53 Å². The highest BCUT2D eigenvalue weighted by Crippen LogP contribution is 2.21. The van der Waals surface area contributed by atoms with E-state index in [1.807, 2.05) is 6.08 Å². The van der Waals surface area contributed by atoms with Crippen LogP contribution in [0.2, 0.25) is 0 Å². The van der Waals surface area contributed by atoms with Crippen LogP contribution in [0.1, 0.15) is 58.1 Å². The second-order valence-corrected chi connectivity index (χ2v) is 5.56. The molecule has 0 aliphatic heterocycles. The zero-order valence-electron chi connectivity index (χ0n) is 12.4. The van der Waals surface area contributed by atoms with E-state index in [4.69, 9.17) is 10.5 Å². The number of allylic oxidation sites excluding steroid dienone is 1. The number of nitrogens with two attached hydrogens (primary N) is 1. The van der Waals surface area contributed by atoms with Crippen LogP contribution < -0.4 is 5.73 Å². The number of hydrogen-bond donors (Lipinski definition) is 1. The first-order chi connectivity index (χ1) is 9.69. The van der Waals surface area contributed by atoms with Gasteiger partial charge in [0.25, 0.3) is 0 Å². The monoisotopic (exact) mass is 296 g/mol. The molecule has 4 nitrogen and oxygen atoms in total. The van der Waals surface area contributed by atoms with Gasteiger partial charge in [0, 0.05) is 5.38 Å². The van der Waals surface area contributed by atoms with Crippen LogP contribution in [0.25, 0.3) is 5.57 Å². The normalized spacial score (nSPS) is 11.6. The molecule has 1 aromatic heterocycles. The Labute approximate surface area is 125 Å². The van der Waals surface area contributed by atoms with Crippen molar-refractivity contribution in [2.75, 3.05) is 12.3 Å². The summed E-state index contributed by atoms with van der Waals surface area (Å²) in [7, 11) is 0. The van der Waals surface area contributed by atoms with E-state index >= 15 is 0 Å². The minimum atomic E-state index is -0.289. The molecule has 0 amide bonds. The van der Waals surface area contributed by atoms with Gasteiger partial charge in [-0.05, 0) is 12.8 Å².